The van der Waals surface area contributed by atoms with Crippen molar-refractivity contribution in [1.82, 2.24) is 0 Å². The van der Waals surface area contributed by atoms with Crippen molar-refractivity contribution in [2.45, 2.75) is 0 Å². The molecule has 0 saturated heterocycles. The molecule has 0 aliphatic rings. The SMILES string of the molecule is O=CN(c1ccccc1)c1ccc(F)cc1. The number of carbonyl (C=O) groups is 1. The van der Waals surface area contributed by atoms with Crippen LogP contribution in [0.4, 0.5) is 15.8 Å². The Hall–Kier alpha value is -2.16. The first kappa shape index (κ1) is 10.4. The van der Waals surface area contributed by atoms with E-state index in [9.17, 15) is 9.18 Å². The number of rotatable bonds is 3. The summed E-state index contributed by atoms with van der Waals surface area (Å²) in [5, 5.41) is 0. The number of hydrogen-bond acceptors (Lipinski definition) is 1. The highest BCUT2D eigenvalue weighted by atomic mass is 19.1. The van der Waals surface area contributed by atoms with Gasteiger partial charge in [0.25, 0.3) is 0 Å². The Kier molecular flexibility index (Phi) is 2.96. The first-order valence-corrected chi connectivity index (χ1v) is 4.86. The van der Waals surface area contributed by atoms with Gasteiger partial charge in [-0.1, -0.05) is 18.2 Å². The van der Waals surface area contributed by atoms with Crippen LogP contribution in [0.1, 0.15) is 0 Å². The Labute approximate surface area is 92.9 Å². The molecule has 0 saturated carbocycles. The van der Waals surface area contributed by atoms with Crippen LogP contribution in [0, 0.1) is 5.82 Å². The molecule has 2 rings (SSSR count). The first-order valence-electron chi connectivity index (χ1n) is 4.86. The summed E-state index contributed by atoms with van der Waals surface area (Å²) in [7, 11) is 0. The molecule has 0 aliphatic carbocycles. The van der Waals surface area contributed by atoms with Crippen LogP contribution in [0.5, 0.6) is 0 Å². The van der Waals surface area contributed by atoms with Crippen molar-refractivity contribution in [3.05, 3.63) is 60.4 Å². The van der Waals surface area contributed by atoms with Gasteiger partial charge in [0.1, 0.15) is 5.82 Å². The van der Waals surface area contributed by atoms with Crippen LogP contribution >= 0.6 is 0 Å². The molecule has 3 heteroatoms. The van der Waals surface area contributed by atoms with Gasteiger partial charge in [-0.2, -0.15) is 0 Å². The first-order chi connectivity index (χ1) is 7.81. The van der Waals surface area contributed by atoms with E-state index in [1.807, 2.05) is 30.3 Å². The Balaban J connectivity index is 2.37. The van der Waals surface area contributed by atoms with Gasteiger partial charge in [-0.25, -0.2) is 4.39 Å². The fourth-order valence-electron chi connectivity index (χ4n) is 1.46. The molecule has 0 spiro atoms. The normalized spacial score (nSPS) is 9.81. The van der Waals surface area contributed by atoms with Crippen molar-refractivity contribution < 1.29 is 9.18 Å². The molecule has 0 bridgehead atoms. The number of benzene rings is 2. The monoisotopic (exact) mass is 215 g/mol. The minimum atomic E-state index is -0.317. The highest BCUT2D eigenvalue weighted by Gasteiger charge is 2.06. The number of halogens is 1. The Morgan fingerprint density at radius 3 is 2.00 bits per heavy atom. The number of carbonyl (C=O) groups excluding carboxylic acids is 1. The number of hydrogen-bond donors (Lipinski definition) is 0. The van der Waals surface area contributed by atoms with Gasteiger partial charge in [0.15, 0.2) is 0 Å². The summed E-state index contributed by atoms with van der Waals surface area (Å²) in [6.45, 7) is 0. The lowest BCUT2D eigenvalue weighted by Gasteiger charge is -2.17. The predicted octanol–water partition coefficient (Wildman–Crippen LogP) is 3.12. The molecule has 0 radical (unpaired) electrons. The second-order valence-corrected chi connectivity index (χ2v) is 3.29. The van der Waals surface area contributed by atoms with E-state index in [0.29, 0.717) is 12.1 Å². The maximum Gasteiger partial charge on any atom is 0.218 e. The van der Waals surface area contributed by atoms with E-state index in [4.69, 9.17) is 0 Å². The van der Waals surface area contributed by atoms with Gasteiger partial charge < -0.3 is 0 Å². The Morgan fingerprint density at radius 2 is 1.44 bits per heavy atom. The molecular formula is C13H10FNO. The van der Waals surface area contributed by atoms with E-state index in [2.05, 4.69) is 0 Å². The molecule has 0 fully saturated rings. The van der Waals surface area contributed by atoms with Crippen molar-refractivity contribution in [3.63, 3.8) is 0 Å². The molecule has 1 amide bonds. The van der Waals surface area contributed by atoms with Crippen LogP contribution in [0.25, 0.3) is 0 Å². The van der Waals surface area contributed by atoms with Crippen molar-refractivity contribution in [2.75, 3.05) is 4.90 Å². The number of nitrogens with zero attached hydrogens (tertiary/aromatic N) is 1. The Morgan fingerprint density at radius 1 is 0.875 bits per heavy atom. The third-order valence-corrected chi connectivity index (χ3v) is 2.24. The second kappa shape index (κ2) is 4.57. The van der Waals surface area contributed by atoms with E-state index in [0.717, 1.165) is 5.69 Å². The Bertz CT molecular complexity index is 467. The second-order valence-electron chi connectivity index (χ2n) is 3.29. The number of para-hydroxylation sites is 1. The molecule has 0 N–H and O–H groups in total. The molecule has 0 atom stereocenters. The molecule has 16 heavy (non-hydrogen) atoms. The van der Waals surface area contributed by atoms with E-state index >= 15 is 0 Å². The minimum absolute atomic E-state index is 0.317. The largest absolute Gasteiger partial charge is 0.284 e. The minimum Gasteiger partial charge on any atom is -0.284 e. The summed E-state index contributed by atoms with van der Waals surface area (Å²) in [5.74, 6) is -0.317. The van der Waals surface area contributed by atoms with E-state index in [1.165, 1.54) is 17.0 Å². The molecule has 0 unspecified atom stereocenters. The van der Waals surface area contributed by atoms with Gasteiger partial charge in [-0.3, -0.25) is 9.69 Å². The third kappa shape index (κ3) is 2.08. The van der Waals surface area contributed by atoms with E-state index < -0.39 is 0 Å². The fraction of sp³-hybridized carbons (Fsp3) is 0. The van der Waals surface area contributed by atoms with Crippen LogP contribution in [-0.4, -0.2) is 6.41 Å². The summed E-state index contributed by atoms with van der Waals surface area (Å²) >= 11 is 0. The van der Waals surface area contributed by atoms with Crippen molar-refractivity contribution in [1.29, 1.82) is 0 Å². The molecule has 0 heterocycles. The third-order valence-electron chi connectivity index (χ3n) is 2.24. The zero-order chi connectivity index (χ0) is 11.4. The zero-order valence-electron chi connectivity index (χ0n) is 8.51. The molecule has 0 aliphatic heterocycles. The van der Waals surface area contributed by atoms with Gasteiger partial charge in [0, 0.05) is 11.4 Å². The standard InChI is InChI=1S/C13H10FNO/c14-11-6-8-13(9-7-11)15(10-16)12-4-2-1-3-5-12/h1-10H. The average molecular weight is 215 g/mol. The van der Waals surface area contributed by atoms with Gasteiger partial charge >= 0.3 is 0 Å². The lowest BCUT2D eigenvalue weighted by Crippen LogP contribution is -2.13. The topological polar surface area (TPSA) is 20.3 Å². The number of amides is 1. The lowest BCUT2D eigenvalue weighted by atomic mass is 10.2. The average Bonchev–Trinajstić information content (AvgIpc) is 2.34. The summed E-state index contributed by atoms with van der Waals surface area (Å²) in [6, 6.07) is 15.0. The van der Waals surface area contributed by atoms with Gasteiger partial charge in [0.05, 0.1) is 0 Å². The molecule has 80 valence electrons. The van der Waals surface area contributed by atoms with Crippen molar-refractivity contribution in [2.24, 2.45) is 0 Å². The van der Waals surface area contributed by atoms with Crippen molar-refractivity contribution in [3.8, 4) is 0 Å². The summed E-state index contributed by atoms with van der Waals surface area (Å²) in [4.78, 5) is 12.5. The van der Waals surface area contributed by atoms with Gasteiger partial charge in [-0.15, -0.1) is 0 Å². The molecule has 2 aromatic rings. The highest BCUT2D eigenvalue weighted by molar-refractivity contribution is 5.86. The lowest BCUT2D eigenvalue weighted by molar-refractivity contribution is -0.106. The van der Waals surface area contributed by atoms with Crippen LogP contribution in [0.15, 0.2) is 54.6 Å². The summed E-state index contributed by atoms with van der Waals surface area (Å²) < 4.78 is 12.7. The molecular weight excluding hydrogens is 205 g/mol. The smallest absolute Gasteiger partial charge is 0.218 e. The van der Waals surface area contributed by atoms with E-state index in [-0.39, 0.29) is 5.82 Å². The van der Waals surface area contributed by atoms with E-state index in [1.54, 1.807) is 12.1 Å². The maximum absolute atomic E-state index is 12.7. The van der Waals surface area contributed by atoms with Crippen LogP contribution in [-0.2, 0) is 4.79 Å². The fourth-order valence-corrected chi connectivity index (χ4v) is 1.46. The maximum atomic E-state index is 12.7. The van der Waals surface area contributed by atoms with Gasteiger partial charge in [0.2, 0.25) is 6.41 Å². The number of anilines is 2. The van der Waals surface area contributed by atoms with Crippen LogP contribution < -0.4 is 4.90 Å². The van der Waals surface area contributed by atoms with Gasteiger partial charge in [-0.05, 0) is 36.4 Å². The summed E-state index contributed by atoms with van der Waals surface area (Å²) in [5.41, 5.74) is 1.40. The highest BCUT2D eigenvalue weighted by Crippen LogP contribution is 2.23. The zero-order valence-corrected chi connectivity index (χ0v) is 8.51. The molecule has 0 aromatic heterocycles. The van der Waals surface area contributed by atoms with Crippen molar-refractivity contribution >= 4 is 17.8 Å². The van der Waals surface area contributed by atoms with Crippen LogP contribution in [0.2, 0.25) is 0 Å². The quantitative estimate of drug-likeness (QED) is 0.720. The van der Waals surface area contributed by atoms with Crippen LogP contribution in [0.3, 0.4) is 0 Å². The predicted molar refractivity (Wildman–Crippen MR) is 61.0 cm³/mol. The molecule has 2 nitrogen and oxygen atoms in total. The summed E-state index contributed by atoms with van der Waals surface area (Å²) in [6.07, 6.45) is 0.711. The molecule has 2 aromatic carbocycles.